The number of carboxylic acids is 1. The highest BCUT2D eigenvalue weighted by molar-refractivity contribution is 5.85. The zero-order chi connectivity index (χ0) is 29.2. The molecule has 5 fully saturated rings. The molecule has 1 spiro atoms. The molecule has 3 aliphatic heterocycles. The number of hydrogen-bond acceptors (Lipinski definition) is 5. The van der Waals surface area contributed by atoms with E-state index >= 15 is 0 Å². The fourth-order valence-electron chi connectivity index (χ4n) is 11.3. The van der Waals surface area contributed by atoms with Gasteiger partial charge < -0.3 is 19.5 Å². The zero-order valence-electron chi connectivity index (χ0n) is 26.9. The number of aliphatic carboxylic acids is 1. The quantitative estimate of drug-likeness (QED) is 0.253. The second kappa shape index (κ2) is 11.2. The van der Waals surface area contributed by atoms with Gasteiger partial charge in [-0.25, -0.2) is 0 Å². The van der Waals surface area contributed by atoms with Crippen molar-refractivity contribution in [1.82, 2.24) is 9.80 Å². The summed E-state index contributed by atoms with van der Waals surface area (Å²) in [4.78, 5) is 19.1. The van der Waals surface area contributed by atoms with Crippen LogP contribution in [0.25, 0.3) is 0 Å². The van der Waals surface area contributed by atoms with Gasteiger partial charge in [-0.1, -0.05) is 72.0 Å². The third-order valence-electron chi connectivity index (χ3n) is 13.2. The molecule has 6 rings (SSSR count). The van der Waals surface area contributed by atoms with Gasteiger partial charge in [-0.05, 0) is 87.7 Å². The summed E-state index contributed by atoms with van der Waals surface area (Å²) in [6, 6.07) is 0. The minimum atomic E-state index is -0.980. The fourth-order valence-corrected chi connectivity index (χ4v) is 11.3. The normalized spacial score (nSPS) is 46.2. The average molecular weight is 571 g/mol. The van der Waals surface area contributed by atoms with Crippen LogP contribution in [-0.4, -0.2) is 85.1 Å². The van der Waals surface area contributed by atoms with Crippen molar-refractivity contribution >= 4 is 5.97 Å². The molecule has 2 saturated carbocycles. The average Bonchev–Trinajstić information content (AvgIpc) is 3.46. The standard InChI is InChI=1S/C35H58N2O4/c1-7-8-9-10-12-26-17-31(41-30(26)21-37-14-11-13-36(6)15-16-37)33-20-28-24(4)22-40-34(25(28)5)19-27(33)18-29(23(2)3)35(33,34)32(38)39/h18,23-28,30-31H,7-17,19-22H2,1-6H3,(H,38,39)/t24-,25-,26?,27?,28-,30?,31?,33?,34?,35?/m1/s1. The Morgan fingerprint density at radius 2 is 1.93 bits per heavy atom. The molecule has 0 amide bonds. The number of allylic oxidation sites excluding steroid dienone is 1. The molecule has 0 aromatic rings. The van der Waals surface area contributed by atoms with E-state index in [1.807, 2.05) is 0 Å². The lowest BCUT2D eigenvalue weighted by Crippen LogP contribution is -2.71. The Balaban J connectivity index is 1.37. The second-order valence-corrected chi connectivity index (χ2v) is 15.5. The first-order valence-electron chi connectivity index (χ1n) is 17.3. The maximum absolute atomic E-state index is 14.0. The number of hydrogen-bond donors (Lipinski definition) is 1. The van der Waals surface area contributed by atoms with Gasteiger partial charge in [-0.2, -0.15) is 0 Å². The van der Waals surface area contributed by atoms with Gasteiger partial charge in [0.25, 0.3) is 0 Å². The highest BCUT2D eigenvalue weighted by Gasteiger charge is 2.87. The molecule has 0 aromatic heterocycles. The Labute approximate surface area is 249 Å². The van der Waals surface area contributed by atoms with E-state index in [4.69, 9.17) is 9.47 Å². The summed E-state index contributed by atoms with van der Waals surface area (Å²) in [5, 5.41) is 11.5. The van der Waals surface area contributed by atoms with Crippen molar-refractivity contribution in [3.8, 4) is 0 Å². The third-order valence-corrected chi connectivity index (χ3v) is 13.2. The predicted octanol–water partition coefficient (Wildman–Crippen LogP) is 6.10. The van der Waals surface area contributed by atoms with E-state index in [-0.39, 0.29) is 30.0 Å². The number of fused-ring (bicyclic) bond motifs is 1. The summed E-state index contributed by atoms with van der Waals surface area (Å²) in [6.07, 6.45) is 13.0. The summed E-state index contributed by atoms with van der Waals surface area (Å²) in [5.74, 6) is 1.49. The summed E-state index contributed by atoms with van der Waals surface area (Å²) in [6.45, 7) is 17.6. The molecular formula is C35H58N2O4. The van der Waals surface area contributed by atoms with Crippen LogP contribution in [0.4, 0.5) is 0 Å². The smallest absolute Gasteiger partial charge is 0.317 e. The van der Waals surface area contributed by atoms with Crippen LogP contribution < -0.4 is 0 Å². The van der Waals surface area contributed by atoms with Crippen molar-refractivity contribution in [2.75, 3.05) is 46.4 Å². The minimum Gasteiger partial charge on any atom is -0.480 e. The topological polar surface area (TPSA) is 62.2 Å². The number of ether oxygens (including phenoxy) is 2. The SMILES string of the molecule is CCCCCCC1CC(C23C[C@@H]4[C@H](C)COC5(CC2C=C(C(C)C)C35C(=O)O)[C@@H]4C)OC1CN1CCCN(C)CC1. The van der Waals surface area contributed by atoms with Gasteiger partial charge >= 0.3 is 5.97 Å². The first-order valence-corrected chi connectivity index (χ1v) is 17.3. The molecular weight excluding hydrogens is 512 g/mol. The Bertz CT molecular complexity index is 1010. The first-order chi connectivity index (χ1) is 19.6. The molecule has 3 heterocycles. The van der Waals surface area contributed by atoms with Crippen LogP contribution in [0.5, 0.6) is 0 Å². The molecule has 3 saturated heterocycles. The Hall–Kier alpha value is -0.950. The van der Waals surface area contributed by atoms with E-state index in [9.17, 15) is 9.90 Å². The van der Waals surface area contributed by atoms with Gasteiger partial charge in [0.2, 0.25) is 0 Å². The van der Waals surface area contributed by atoms with Gasteiger partial charge in [-0.3, -0.25) is 9.69 Å². The highest BCUT2D eigenvalue weighted by Crippen LogP contribution is 2.82. The predicted molar refractivity (Wildman–Crippen MR) is 163 cm³/mol. The molecule has 10 atom stereocenters. The summed E-state index contributed by atoms with van der Waals surface area (Å²) in [7, 11) is 2.24. The van der Waals surface area contributed by atoms with Gasteiger partial charge in [0.15, 0.2) is 0 Å². The number of carboxylic acid groups (broad SMARTS) is 1. The molecule has 5 bridgehead atoms. The first kappa shape index (κ1) is 30.1. The zero-order valence-corrected chi connectivity index (χ0v) is 26.9. The molecule has 41 heavy (non-hydrogen) atoms. The van der Waals surface area contributed by atoms with Gasteiger partial charge in [0, 0.05) is 25.0 Å². The molecule has 0 aromatic carbocycles. The summed E-state index contributed by atoms with van der Waals surface area (Å²) < 4.78 is 14.3. The van der Waals surface area contributed by atoms with E-state index in [1.165, 1.54) is 45.1 Å². The van der Waals surface area contributed by atoms with Crippen molar-refractivity contribution in [1.29, 1.82) is 0 Å². The third kappa shape index (κ3) is 4.27. The second-order valence-electron chi connectivity index (χ2n) is 15.5. The van der Waals surface area contributed by atoms with E-state index in [2.05, 4.69) is 57.5 Å². The van der Waals surface area contributed by atoms with Crippen LogP contribution in [0.3, 0.4) is 0 Å². The molecule has 3 aliphatic carbocycles. The van der Waals surface area contributed by atoms with Gasteiger partial charge in [0.1, 0.15) is 5.41 Å². The molecule has 6 heteroatoms. The molecule has 1 N–H and O–H groups in total. The maximum atomic E-state index is 14.0. The number of nitrogens with zero attached hydrogens (tertiary/aromatic N) is 2. The Morgan fingerprint density at radius 1 is 1.12 bits per heavy atom. The number of carbonyl (C=O) groups is 1. The number of unbranched alkanes of at least 4 members (excludes halogenated alkanes) is 3. The van der Waals surface area contributed by atoms with Crippen LogP contribution in [0.15, 0.2) is 11.6 Å². The Morgan fingerprint density at radius 3 is 2.66 bits per heavy atom. The van der Waals surface area contributed by atoms with Gasteiger partial charge in [0.05, 0.1) is 24.4 Å². The van der Waals surface area contributed by atoms with Crippen LogP contribution in [-0.2, 0) is 14.3 Å². The molecule has 7 unspecified atom stereocenters. The van der Waals surface area contributed by atoms with E-state index in [0.29, 0.717) is 24.4 Å². The lowest BCUT2D eigenvalue weighted by Gasteiger charge is -2.64. The van der Waals surface area contributed by atoms with Crippen molar-refractivity contribution < 1.29 is 19.4 Å². The molecule has 6 nitrogen and oxygen atoms in total. The molecule has 232 valence electrons. The largest absolute Gasteiger partial charge is 0.480 e. The van der Waals surface area contributed by atoms with E-state index in [0.717, 1.165) is 51.0 Å². The number of rotatable bonds is 10. The van der Waals surface area contributed by atoms with E-state index in [1.54, 1.807) is 0 Å². The van der Waals surface area contributed by atoms with Crippen molar-refractivity contribution in [2.45, 2.75) is 110 Å². The lowest BCUT2D eigenvalue weighted by molar-refractivity contribution is -0.267. The monoisotopic (exact) mass is 570 g/mol. The number of likely N-dealkylation sites (N-methyl/N-ethyl adjacent to an activating group) is 1. The summed E-state index contributed by atoms with van der Waals surface area (Å²) >= 11 is 0. The Kier molecular flexibility index (Phi) is 8.22. The minimum absolute atomic E-state index is 0.0160. The lowest BCUT2D eigenvalue weighted by atomic mass is 9.43. The van der Waals surface area contributed by atoms with E-state index < -0.39 is 22.4 Å². The highest BCUT2D eigenvalue weighted by atomic mass is 16.5. The van der Waals surface area contributed by atoms with Gasteiger partial charge in [-0.15, -0.1) is 0 Å². The van der Waals surface area contributed by atoms with Crippen LogP contribution in [0, 0.1) is 46.3 Å². The van der Waals surface area contributed by atoms with Crippen LogP contribution >= 0.6 is 0 Å². The van der Waals surface area contributed by atoms with Crippen LogP contribution in [0.2, 0.25) is 0 Å². The van der Waals surface area contributed by atoms with Crippen molar-refractivity contribution in [3.63, 3.8) is 0 Å². The van der Waals surface area contributed by atoms with Crippen molar-refractivity contribution in [2.24, 2.45) is 46.3 Å². The summed E-state index contributed by atoms with van der Waals surface area (Å²) in [5.41, 5.74) is -0.851. The maximum Gasteiger partial charge on any atom is 0.317 e. The van der Waals surface area contributed by atoms with Crippen LogP contribution in [0.1, 0.15) is 92.4 Å². The molecule has 0 radical (unpaired) electrons. The fraction of sp³-hybridized carbons (Fsp3) is 0.914. The van der Waals surface area contributed by atoms with Crippen molar-refractivity contribution in [3.05, 3.63) is 11.6 Å². The molecule has 6 aliphatic rings.